The first-order valence-corrected chi connectivity index (χ1v) is 6.02. The van der Waals surface area contributed by atoms with E-state index in [0.717, 1.165) is 10.3 Å². The molecule has 0 N–H and O–H groups in total. The van der Waals surface area contributed by atoms with Crippen LogP contribution < -0.4 is 0 Å². The Morgan fingerprint density at radius 3 is 2.75 bits per heavy atom. The normalized spacial score (nSPS) is 10.3. The molecule has 0 fully saturated rings. The third kappa shape index (κ3) is 2.23. The predicted octanol–water partition coefficient (Wildman–Crippen LogP) is 3.95. The molecule has 0 atom stereocenters. The minimum atomic E-state index is -0.799. The van der Waals surface area contributed by atoms with Crippen LogP contribution >= 0.6 is 23.1 Å². The number of hydrogen-bond acceptors (Lipinski definition) is 4. The number of halogens is 1. The van der Waals surface area contributed by atoms with Gasteiger partial charge in [-0.15, -0.1) is 11.3 Å². The number of benzene rings is 1. The Kier molecular flexibility index (Phi) is 3.21. The van der Waals surface area contributed by atoms with Gasteiger partial charge in [0.25, 0.3) is 0 Å². The fourth-order valence-electron chi connectivity index (χ4n) is 1.19. The van der Waals surface area contributed by atoms with E-state index in [9.17, 15) is 14.5 Å². The average molecular weight is 255 g/mol. The summed E-state index contributed by atoms with van der Waals surface area (Å²) in [6.07, 6.45) is 0. The molecule has 2 aromatic rings. The minimum Gasteiger partial charge on any atom is -0.258 e. The van der Waals surface area contributed by atoms with Gasteiger partial charge in [-0.2, -0.15) is 4.39 Å². The molecule has 0 bridgehead atoms. The van der Waals surface area contributed by atoms with Gasteiger partial charge in [-0.05, 0) is 23.6 Å². The van der Waals surface area contributed by atoms with Crippen LogP contribution in [0.3, 0.4) is 0 Å². The van der Waals surface area contributed by atoms with Crippen LogP contribution in [0.4, 0.5) is 10.1 Å². The van der Waals surface area contributed by atoms with Crippen molar-refractivity contribution in [2.75, 3.05) is 0 Å². The number of nitro benzene ring substituents is 1. The molecule has 1 heterocycles. The molecule has 0 aliphatic carbocycles. The molecular weight excluding hydrogens is 249 g/mol. The van der Waals surface area contributed by atoms with E-state index in [2.05, 4.69) is 0 Å². The van der Waals surface area contributed by atoms with E-state index in [-0.39, 0.29) is 0 Å². The largest absolute Gasteiger partial charge is 0.318 e. The average Bonchev–Trinajstić information content (AvgIpc) is 2.70. The molecule has 1 aromatic carbocycles. The lowest BCUT2D eigenvalue weighted by molar-refractivity contribution is -0.390. The fourth-order valence-corrected chi connectivity index (χ4v) is 3.04. The van der Waals surface area contributed by atoms with Gasteiger partial charge in [-0.25, -0.2) is 0 Å². The lowest BCUT2D eigenvalue weighted by Crippen LogP contribution is -1.94. The van der Waals surface area contributed by atoms with Crippen molar-refractivity contribution in [3.8, 4) is 0 Å². The highest BCUT2D eigenvalue weighted by molar-refractivity contribution is 8.01. The van der Waals surface area contributed by atoms with Crippen molar-refractivity contribution in [1.29, 1.82) is 0 Å². The topological polar surface area (TPSA) is 43.1 Å². The summed E-state index contributed by atoms with van der Waals surface area (Å²) in [5.41, 5.74) is -0.457. The molecule has 0 saturated carbocycles. The lowest BCUT2D eigenvalue weighted by atomic mass is 10.3. The molecule has 16 heavy (non-hydrogen) atoms. The summed E-state index contributed by atoms with van der Waals surface area (Å²) >= 11 is 2.66. The Morgan fingerprint density at radius 2 is 2.12 bits per heavy atom. The molecule has 1 aromatic heterocycles. The molecule has 82 valence electrons. The van der Waals surface area contributed by atoms with Crippen molar-refractivity contribution in [3.05, 3.63) is 51.6 Å². The summed E-state index contributed by atoms with van der Waals surface area (Å²) in [6.45, 7) is 0. The SMILES string of the molecule is O=[N+]([O-])c1c(F)cccc1Sc1cccs1. The number of nitrogens with zero attached hydrogens (tertiary/aromatic N) is 1. The molecule has 6 heteroatoms. The minimum absolute atomic E-state index is 0.326. The smallest absolute Gasteiger partial charge is 0.258 e. The first kappa shape index (κ1) is 11.1. The van der Waals surface area contributed by atoms with E-state index >= 15 is 0 Å². The maximum Gasteiger partial charge on any atom is 0.318 e. The molecule has 3 nitrogen and oxygen atoms in total. The number of thiophene rings is 1. The highest BCUT2D eigenvalue weighted by Gasteiger charge is 2.20. The van der Waals surface area contributed by atoms with Crippen LogP contribution in [-0.4, -0.2) is 4.92 Å². The van der Waals surface area contributed by atoms with Crippen molar-refractivity contribution in [2.24, 2.45) is 0 Å². The highest BCUT2D eigenvalue weighted by atomic mass is 32.2. The van der Waals surface area contributed by atoms with E-state index < -0.39 is 16.4 Å². The van der Waals surface area contributed by atoms with Crippen LogP contribution in [0.25, 0.3) is 0 Å². The van der Waals surface area contributed by atoms with Gasteiger partial charge in [0.1, 0.15) is 0 Å². The van der Waals surface area contributed by atoms with Crippen LogP contribution in [0.2, 0.25) is 0 Å². The van der Waals surface area contributed by atoms with Gasteiger partial charge in [0.15, 0.2) is 0 Å². The second-order valence-corrected chi connectivity index (χ2v) is 5.17. The number of nitro groups is 1. The Hall–Kier alpha value is -1.40. The van der Waals surface area contributed by atoms with Gasteiger partial charge in [-0.1, -0.05) is 23.9 Å². The summed E-state index contributed by atoms with van der Waals surface area (Å²) in [5, 5.41) is 12.6. The van der Waals surface area contributed by atoms with Gasteiger partial charge in [0.05, 0.1) is 14.0 Å². The first-order chi connectivity index (χ1) is 7.68. The maximum absolute atomic E-state index is 13.3. The second-order valence-electron chi connectivity index (χ2n) is 2.88. The van der Waals surface area contributed by atoms with Crippen LogP contribution in [0.5, 0.6) is 0 Å². The third-order valence-corrected chi connectivity index (χ3v) is 3.92. The molecule has 0 radical (unpaired) electrons. The maximum atomic E-state index is 13.3. The van der Waals surface area contributed by atoms with Gasteiger partial charge >= 0.3 is 5.69 Å². The second kappa shape index (κ2) is 4.63. The van der Waals surface area contributed by atoms with Crippen molar-refractivity contribution in [3.63, 3.8) is 0 Å². The van der Waals surface area contributed by atoms with Crippen molar-refractivity contribution in [1.82, 2.24) is 0 Å². The molecule has 0 saturated heterocycles. The zero-order chi connectivity index (χ0) is 11.5. The number of rotatable bonds is 3. The highest BCUT2D eigenvalue weighted by Crippen LogP contribution is 2.37. The number of para-hydroxylation sites is 1. The van der Waals surface area contributed by atoms with E-state index in [1.165, 1.54) is 29.2 Å². The quantitative estimate of drug-likeness (QED) is 0.616. The Balaban J connectivity index is 2.40. The van der Waals surface area contributed by atoms with Gasteiger partial charge in [0.2, 0.25) is 5.82 Å². The lowest BCUT2D eigenvalue weighted by Gasteiger charge is -2.01. The third-order valence-electron chi connectivity index (χ3n) is 1.84. The van der Waals surface area contributed by atoms with Crippen molar-refractivity contribution < 1.29 is 9.31 Å². The van der Waals surface area contributed by atoms with Crippen LogP contribution in [0.1, 0.15) is 0 Å². The summed E-state index contributed by atoms with van der Waals surface area (Å²) < 4.78 is 14.2. The summed E-state index contributed by atoms with van der Waals surface area (Å²) in [7, 11) is 0. The van der Waals surface area contributed by atoms with Gasteiger partial charge in [-0.3, -0.25) is 10.1 Å². The monoisotopic (exact) mass is 255 g/mol. The number of hydrogen-bond donors (Lipinski definition) is 0. The first-order valence-electron chi connectivity index (χ1n) is 4.33. The molecule has 0 unspecified atom stereocenters. The molecule has 0 spiro atoms. The van der Waals surface area contributed by atoms with E-state index in [1.807, 2.05) is 17.5 Å². The Morgan fingerprint density at radius 1 is 1.31 bits per heavy atom. The fraction of sp³-hybridized carbons (Fsp3) is 0. The van der Waals surface area contributed by atoms with Gasteiger partial charge in [0, 0.05) is 0 Å². The van der Waals surface area contributed by atoms with Crippen LogP contribution in [0.15, 0.2) is 44.8 Å². The molecular formula is C10H6FNO2S2. The van der Waals surface area contributed by atoms with Crippen molar-refractivity contribution in [2.45, 2.75) is 9.10 Å². The van der Waals surface area contributed by atoms with Crippen LogP contribution in [-0.2, 0) is 0 Å². The van der Waals surface area contributed by atoms with Crippen molar-refractivity contribution >= 4 is 28.8 Å². The standard InChI is InChI=1S/C10H6FNO2S2/c11-7-3-1-4-8(10(7)12(13)14)16-9-5-2-6-15-9/h1-6H. The Bertz CT molecular complexity index is 514. The molecule has 0 aliphatic heterocycles. The zero-order valence-electron chi connectivity index (χ0n) is 7.92. The zero-order valence-corrected chi connectivity index (χ0v) is 9.56. The Labute approximate surface area is 99.1 Å². The van der Waals surface area contributed by atoms with E-state index in [1.54, 1.807) is 6.07 Å². The molecule has 2 rings (SSSR count). The predicted molar refractivity (Wildman–Crippen MR) is 61.5 cm³/mol. The van der Waals surface area contributed by atoms with Gasteiger partial charge < -0.3 is 0 Å². The van der Waals surface area contributed by atoms with E-state index in [0.29, 0.717) is 4.90 Å². The summed E-state index contributed by atoms with van der Waals surface area (Å²) in [6, 6.07) is 7.79. The summed E-state index contributed by atoms with van der Waals surface area (Å²) in [5.74, 6) is -0.799. The molecule has 0 aliphatic rings. The van der Waals surface area contributed by atoms with E-state index in [4.69, 9.17) is 0 Å². The molecule has 0 amide bonds. The summed E-state index contributed by atoms with van der Waals surface area (Å²) in [4.78, 5) is 10.4. The van der Waals surface area contributed by atoms with Crippen LogP contribution in [0, 0.1) is 15.9 Å².